The molecule has 0 aromatic heterocycles. The summed E-state index contributed by atoms with van der Waals surface area (Å²) in [4.78, 5) is 0. The fourth-order valence-electron chi connectivity index (χ4n) is 2.62. The van der Waals surface area contributed by atoms with Crippen molar-refractivity contribution >= 4 is 26.7 Å². The zero-order valence-corrected chi connectivity index (χ0v) is 18.3. The molecule has 19 heavy (non-hydrogen) atoms. The van der Waals surface area contributed by atoms with E-state index in [1.165, 1.54) is 43.1 Å². The van der Waals surface area contributed by atoms with Crippen LogP contribution in [-0.2, 0) is 4.43 Å². The van der Waals surface area contributed by atoms with Crippen molar-refractivity contribution in [1.29, 1.82) is 0 Å². The third kappa shape index (κ3) is 10.4. The maximum atomic E-state index is 6.42. The number of hydrogen-bond acceptors (Lipinski definition) is 1. The molecule has 0 aliphatic rings. The van der Waals surface area contributed by atoms with Gasteiger partial charge in [0.1, 0.15) is 0 Å². The molecule has 0 unspecified atom stereocenters. The molecule has 0 amide bonds. The Bertz CT molecular complexity index is 192. The van der Waals surface area contributed by atoms with Gasteiger partial charge in [0.25, 0.3) is 0 Å². The summed E-state index contributed by atoms with van der Waals surface area (Å²) < 4.78 is 12.4. The normalized spacial score (nSPS) is 12.9. The van der Waals surface area contributed by atoms with Gasteiger partial charge in [-0.25, -0.2) is 0 Å². The Morgan fingerprint density at radius 3 is 1.37 bits per heavy atom. The molecule has 0 aromatic rings. The Morgan fingerprint density at radius 2 is 1.11 bits per heavy atom. The van der Waals surface area contributed by atoms with E-state index in [0.29, 0.717) is 0 Å². The molecule has 0 N–H and O–H groups in total. The minimum absolute atomic E-state index is 1.23. The molecule has 0 bridgehead atoms. The molecule has 0 aromatic carbocycles. The molecule has 116 valence electrons. The Hall–Kier alpha value is 0.976. The SMILES string of the molecule is CCC[CH2][Sn]([CH2]CCC)([CH2]CCC)[CH2]O[Si](C)(C)C. The summed E-state index contributed by atoms with van der Waals surface area (Å²) >= 11 is -1.99. The molecule has 0 rings (SSSR count). The summed E-state index contributed by atoms with van der Waals surface area (Å²) in [6, 6.07) is 0. The Balaban J connectivity index is 4.66. The molecule has 1 nitrogen and oxygen atoms in total. The van der Waals surface area contributed by atoms with Crippen molar-refractivity contribution in [3.8, 4) is 0 Å². The van der Waals surface area contributed by atoms with Crippen molar-refractivity contribution in [2.75, 3.05) is 4.62 Å². The molecular weight excluding hydrogens is 355 g/mol. The standard InChI is InChI=1S/C4H11OSi.3C4H9.Sn/c1-5-6(2,3)4;3*1-3-4-2;/h1H2,2-4H3;3*1,3-4H2,2H3;. The van der Waals surface area contributed by atoms with Gasteiger partial charge >= 0.3 is 128 Å². The number of unbranched alkanes of at least 4 members (excludes halogenated alkanes) is 3. The van der Waals surface area contributed by atoms with Gasteiger partial charge in [0.2, 0.25) is 0 Å². The average Bonchev–Trinajstić information content (AvgIpc) is 2.36. The third-order valence-corrected chi connectivity index (χ3v) is 20.1. The number of rotatable bonds is 12. The second kappa shape index (κ2) is 10.7. The summed E-state index contributed by atoms with van der Waals surface area (Å²) in [5, 5.41) is 0. The van der Waals surface area contributed by atoms with Crippen LogP contribution in [0.4, 0.5) is 0 Å². The summed E-state index contributed by atoms with van der Waals surface area (Å²) in [7, 11) is -1.33. The van der Waals surface area contributed by atoms with Crippen molar-refractivity contribution in [3.63, 3.8) is 0 Å². The van der Waals surface area contributed by atoms with Crippen molar-refractivity contribution in [2.24, 2.45) is 0 Å². The Kier molecular flexibility index (Phi) is 11.2. The van der Waals surface area contributed by atoms with Gasteiger partial charge in [-0.2, -0.15) is 0 Å². The van der Waals surface area contributed by atoms with Crippen LogP contribution in [0.5, 0.6) is 0 Å². The van der Waals surface area contributed by atoms with Gasteiger partial charge in [-0.05, 0) is 0 Å². The van der Waals surface area contributed by atoms with E-state index < -0.39 is 26.7 Å². The topological polar surface area (TPSA) is 9.23 Å². The minimum atomic E-state index is -1.99. The Labute approximate surface area is 127 Å². The molecule has 0 saturated carbocycles. The van der Waals surface area contributed by atoms with Gasteiger partial charge in [-0.15, -0.1) is 0 Å². The molecule has 0 saturated heterocycles. The van der Waals surface area contributed by atoms with E-state index in [0.717, 1.165) is 0 Å². The fraction of sp³-hybridized carbons (Fsp3) is 1.00. The van der Waals surface area contributed by atoms with Crippen LogP contribution in [0.15, 0.2) is 0 Å². The number of hydrogen-bond donors (Lipinski definition) is 0. The molecule has 0 aliphatic heterocycles. The molecule has 0 spiro atoms. The van der Waals surface area contributed by atoms with Gasteiger partial charge in [-0.3, -0.25) is 0 Å². The van der Waals surface area contributed by atoms with E-state index in [9.17, 15) is 0 Å². The first-order chi connectivity index (χ1) is 8.89. The van der Waals surface area contributed by atoms with Crippen LogP contribution >= 0.6 is 0 Å². The predicted octanol–water partition coefficient (Wildman–Crippen LogP) is 6.23. The van der Waals surface area contributed by atoms with Crippen molar-refractivity contribution in [1.82, 2.24) is 0 Å². The average molecular weight is 393 g/mol. The van der Waals surface area contributed by atoms with Gasteiger partial charge in [0.05, 0.1) is 0 Å². The molecular formula is C16H38OSiSn. The second-order valence-electron chi connectivity index (χ2n) is 7.21. The van der Waals surface area contributed by atoms with E-state index in [2.05, 4.69) is 40.4 Å². The van der Waals surface area contributed by atoms with Gasteiger partial charge in [0, 0.05) is 0 Å². The van der Waals surface area contributed by atoms with Gasteiger partial charge in [-0.1, -0.05) is 0 Å². The van der Waals surface area contributed by atoms with Crippen LogP contribution < -0.4 is 0 Å². The van der Waals surface area contributed by atoms with Crippen molar-refractivity contribution < 1.29 is 4.43 Å². The molecule has 0 radical (unpaired) electrons. The van der Waals surface area contributed by atoms with Gasteiger partial charge in [0.15, 0.2) is 0 Å². The second-order valence-corrected chi connectivity index (χ2v) is 25.4. The zero-order chi connectivity index (χ0) is 14.8. The summed E-state index contributed by atoms with van der Waals surface area (Å²) in [5.41, 5.74) is 0. The van der Waals surface area contributed by atoms with Crippen LogP contribution in [0, 0.1) is 0 Å². The predicted molar refractivity (Wildman–Crippen MR) is 94.2 cm³/mol. The quantitative estimate of drug-likeness (QED) is 0.358. The van der Waals surface area contributed by atoms with Crippen LogP contribution in [0.25, 0.3) is 0 Å². The van der Waals surface area contributed by atoms with Crippen molar-refractivity contribution in [2.45, 2.75) is 92.2 Å². The third-order valence-electron chi connectivity index (χ3n) is 3.99. The van der Waals surface area contributed by atoms with Crippen LogP contribution in [0.2, 0.25) is 33.0 Å². The molecule has 0 aliphatic carbocycles. The monoisotopic (exact) mass is 394 g/mol. The van der Waals surface area contributed by atoms with E-state index in [-0.39, 0.29) is 0 Å². The van der Waals surface area contributed by atoms with Crippen LogP contribution in [0.3, 0.4) is 0 Å². The summed E-state index contributed by atoms with van der Waals surface area (Å²) in [6.07, 6.45) is 8.47. The molecule has 0 heterocycles. The fourth-order valence-corrected chi connectivity index (χ4v) is 22.5. The zero-order valence-electron chi connectivity index (χ0n) is 14.5. The molecule has 0 fully saturated rings. The first kappa shape index (κ1) is 20.0. The maximum absolute atomic E-state index is 6.42. The van der Waals surface area contributed by atoms with Gasteiger partial charge < -0.3 is 0 Å². The van der Waals surface area contributed by atoms with Crippen molar-refractivity contribution in [3.05, 3.63) is 0 Å². The summed E-state index contributed by atoms with van der Waals surface area (Å²) in [5.74, 6) is 0. The molecule has 0 atom stereocenters. The van der Waals surface area contributed by atoms with E-state index >= 15 is 0 Å². The van der Waals surface area contributed by atoms with E-state index in [1.807, 2.05) is 0 Å². The van der Waals surface area contributed by atoms with Crippen LogP contribution in [0.1, 0.15) is 59.3 Å². The van der Waals surface area contributed by atoms with Crippen LogP contribution in [-0.4, -0.2) is 31.3 Å². The van der Waals surface area contributed by atoms with E-state index in [4.69, 9.17) is 4.43 Å². The molecule has 3 heteroatoms. The first-order valence-corrected chi connectivity index (χ1v) is 20.0. The van der Waals surface area contributed by atoms with E-state index in [1.54, 1.807) is 13.3 Å². The summed E-state index contributed by atoms with van der Waals surface area (Å²) in [6.45, 7) is 14.1. The first-order valence-electron chi connectivity index (χ1n) is 8.53. The Morgan fingerprint density at radius 1 is 0.737 bits per heavy atom.